The average Bonchev–Trinajstić information content (AvgIpc) is 2.16. The quantitative estimate of drug-likeness (QED) is 0.852. The molecule has 1 rings (SSSR count). The molecule has 0 aliphatic heterocycles. The van der Waals surface area contributed by atoms with Crippen molar-refractivity contribution in [3.63, 3.8) is 0 Å². The van der Waals surface area contributed by atoms with Gasteiger partial charge in [0.1, 0.15) is 0 Å². The summed E-state index contributed by atoms with van der Waals surface area (Å²) in [5.41, 5.74) is 0.422. The zero-order valence-electron chi connectivity index (χ0n) is 10.2. The highest BCUT2D eigenvalue weighted by Crippen LogP contribution is 2.27. The van der Waals surface area contributed by atoms with E-state index < -0.39 is 11.6 Å². The molecule has 1 atom stereocenters. The van der Waals surface area contributed by atoms with Crippen molar-refractivity contribution < 1.29 is 14.6 Å². The van der Waals surface area contributed by atoms with E-state index in [1.807, 2.05) is 39.0 Å². The van der Waals surface area contributed by atoms with Crippen LogP contribution >= 0.6 is 0 Å². The van der Waals surface area contributed by atoms with Crippen LogP contribution in [0.15, 0.2) is 24.3 Å². The first-order chi connectivity index (χ1) is 7.36. The van der Waals surface area contributed by atoms with Gasteiger partial charge >= 0.3 is 5.97 Å². The minimum absolute atomic E-state index is 0.137. The van der Waals surface area contributed by atoms with Gasteiger partial charge in [-0.3, -0.25) is 0 Å². The molecule has 1 unspecified atom stereocenters. The smallest absolute Gasteiger partial charge is 0.340 e. The van der Waals surface area contributed by atoms with E-state index in [2.05, 4.69) is 0 Å². The fourth-order valence-electron chi connectivity index (χ4n) is 1.66. The summed E-state index contributed by atoms with van der Waals surface area (Å²) in [6.07, 6.45) is -0.137. The molecule has 0 aromatic heterocycles. The molecule has 0 bridgehead atoms. The SMILES string of the molecule is Cc1cccc(C(C)(OC(C)C)C(=O)O)c1. The molecule has 0 saturated heterocycles. The molecule has 0 heterocycles. The van der Waals surface area contributed by atoms with Gasteiger partial charge in [-0.05, 0) is 33.3 Å². The maximum Gasteiger partial charge on any atom is 0.340 e. The molecule has 3 nitrogen and oxygen atoms in total. The summed E-state index contributed by atoms with van der Waals surface area (Å²) in [5, 5.41) is 9.30. The maximum absolute atomic E-state index is 11.3. The first-order valence-electron chi connectivity index (χ1n) is 5.34. The lowest BCUT2D eigenvalue weighted by Crippen LogP contribution is -2.37. The van der Waals surface area contributed by atoms with Crippen LogP contribution in [0.25, 0.3) is 0 Å². The Labute approximate surface area is 96.1 Å². The fraction of sp³-hybridized carbons (Fsp3) is 0.462. The second kappa shape index (κ2) is 4.66. The predicted molar refractivity (Wildman–Crippen MR) is 62.4 cm³/mol. The van der Waals surface area contributed by atoms with Crippen LogP contribution in [0, 0.1) is 6.92 Å². The topological polar surface area (TPSA) is 46.5 Å². The highest BCUT2D eigenvalue weighted by atomic mass is 16.5. The number of rotatable bonds is 4. The Morgan fingerprint density at radius 1 is 1.44 bits per heavy atom. The van der Waals surface area contributed by atoms with Crippen molar-refractivity contribution in [2.24, 2.45) is 0 Å². The highest BCUT2D eigenvalue weighted by Gasteiger charge is 2.37. The van der Waals surface area contributed by atoms with Crippen LogP contribution < -0.4 is 0 Å². The number of hydrogen-bond donors (Lipinski definition) is 1. The van der Waals surface area contributed by atoms with Crippen LogP contribution in [-0.2, 0) is 15.1 Å². The number of carboxylic acid groups (broad SMARTS) is 1. The number of benzene rings is 1. The molecule has 0 aliphatic rings. The second-order valence-electron chi connectivity index (χ2n) is 4.37. The minimum Gasteiger partial charge on any atom is -0.479 e. The molecule has 16 heavy (non-hydrogen) atoms. The van der Waals surface area contributed by atoms with Crippen molar-refractivity contribution in [3.8, 4) is 0 Å². The van der Waals surface area contributed by atoms with Crippen molar-refractivity contribution >= 4 is 5.97 Å². The van der Waals surface area contributed by atoms with Gasteiger partial charge in [-0.1, -0.05) is 29.8 Å². The van der Waals surface area contributed by atoms with Gasteiger partial charge in [-0.25, -0.2) is 4.79 Å². The lowest BCUT2D eigenvalue weighted by atomic mass is 9.94. The number of aryl methyl sites for hydroxylation is 1. The Kier molecular flexibility index (Phi) is 3.70. The van der Waals surface area contributed by atoms with Crippen molar-refractivity contribution in [1.82, 2.24) is 0 Å². The van der Waals surface area contributed by atoms with E-state index in [9.17, 15) is 9.90 Å². The third kappa shape index (κ3) is 2.61. The zero-order chi connectivity index (χ0) is 12.3. The molecular formula is C13H18O3. The molecular weight excluding hydrogens is 204 g/mol. The Morgan fingerprint density at radius 2 is 2.06 bits per heavy atom. The van der Waals surface area contributed by atoms with Crippen molar-refractivity contribution in [2.75, 3.05) is 0 Å². The summed E-state index contributed by atoms with van der Waals surface area (Å²) in [5.74, 6) is -0.966. The van der Waals surface area contributed by atoms with E-state index in [0.717, 1.165) is 5.56 Å². The zero-order valence-corrected chi connectivity index (χ0v) is 10.2. The third-order valence-electron chi connectivity index (χ3n) is 2.45. The third-order valence-corrected chi connectivity index (χ3v) is 2.45. The molecule has 0 amide bonds. The summed E-state index contributed by atoms with van der Waals surface area (Å²) in [4.78, 5) is 11.3. The van der Waals surface area contributed by atoms with Gasteiger partial charge in [0.2, 0.25) is 0 Å². The van der Waals surface area contributed by atoms with Gasteiger partial charge in [0.15, 0.2) is 5.60 Å². The monoisotopic (exact) mass is 222 g/mol. The van der Waals surface area contributed by atoms with E-state index in [-0.39, 0.29) is 6.10 Å². The Morgan fingerprint density at radius 3 is 2.50 bits per heavy atom. The molecule has 0 saturated carbocycles. The Bertz CT molecular complexity index is 385. The van der Waals surface area contributed by atoms with Crippen molar-refractivity contribution in [2.45, 2.75) is 39.4 Å². The van der Waals surface area contributed by atoms with Gasteiger partial charge in [0.25, 0.3) is 0 Å². The van der Waals surface area contributed by atoms with Crippen LogP contribution in [0.4, 0.5) is 0 Å². The largest absolute Gasteiger partial charge is 0.479 e. The summed E-state index contributed by atoms with van der Waals surface area (Å²) in [7, 11) is 0. The fourth-order valence-corrected chi connectivity index (χ4v) is 1.66. The molecule has 0 aliphatic carbocycles. The van der Waals surface area contributed by atoms with Gasteiger partial charge < -0.3 is 9.84 Å². The van der Waals surface area contributed by atoms with Crippen LogP contribution in [0.2, 0.25) is 0 Å². The molecule has 1 aromatic rings. The van der Waals surface area contributed by atoms with E-state index in [0.29, 0.717) is 5.56 Å². The summed E-state index contributed by atoms with van der Waals surface area (Å²) < 4.78 is 5.54. The lowest BCUT2D eigenvalue weighted by molar-refractivity contribution is -0.170. The molecule has 1 N–H and O–H groups in total. The molecule has 0 radical (unpaired) electrons. The number of aliphatic carboxylic acids is 1. The lowest BCUT2D eigenvalue weighted by Gasteiger charge is -2.28. The van der Waals surface area contributed by atoms with E-state index >= 15 is 0 Å². The number of carbonyl (C=O) groups is 1. The van der Waals surface area contributed by atoms with Crippen molar-refractivity contribution in [3.05, 3.63) is 35.4 Å². The van der Waals surface area contributed by atoms with Crippen LogP contribution in [-0.4, -0.2) is 17.2 Å². The normalized spacial score (nSPS) is 14.8. The van der Waals surface area contributed by atoms with Gasteiger partial charge in [0, 0.05) is 0 Å². The number of hydrogen-bond acceptors (Lipinski definition) is 2. The number of ether oxygens (including phenoxy) is 1. The van der Waals surface area contributed by atoms with Crippen LogP contribution in [0.5, 0.6) is 0 Å². The molecule has 1 aromatic carbocycles. The minimum atomic E-state index is -1.28. The van der Waals surface area contributed by atoms with Gasteiger partial charge in [-0.15, -0.1) is 0 Å². The van der Waals surface area contributed by atoms with Gasteiger partial charge in [-0.2, -0.15) is 0 Å². The maximum atomic E-state index is 11.3. The van der Waals surface area contributed by atoms with Crippen LogP contribution in [0.1, 0.15) is 31.9 Å². The predicted octanol–water partition coefficient (Wildman–Crippen LogP) is 2.72. The second-order valence-corrected chi connectivity index (χ2v) is 4.37. The Hall–Kier alpha value is -1.35. The number of carboxylic acids is 1. The van der Waals surface area contributed by atoms with E-state index in [1.54, 1.807) is 13.0 Å². The first kappa shape index (κ1) is 12.7. The summed E-state index contributed by atoms with van der Waals surface area (Å²) in [6, 6.07) is 7.40. The molecule has 0 fully saturated rings. The van der Waals surface area contributed by atoms with E-state index in [4.69, 9.17) is 4.74 Å². The summed E-state index contributed by atoms with van der Waals surface area (Å²) >= 11 is 0. The average molecular weight is 222 g/mol. The van der Waals surface area contributed by atoms with E-state index in [1.165, 1.54) is 0 Å². The summed E-state index contributed by atoms with van der Waals surface area (Å²) in [6.45, 7) is 7.18. The molecule has 3 heteroatoms. The van der Waals surface area contributed by atoms with Crippen molar-refractivity contribution in [1.29, 1.82) is 0 Å². The standard InChI is InChI=1S/C13H18O3/c1-9(2)16-13(4,12(14)15)11-7-5-6-10(3)8-11/h5-9H,1-4H3,(H,14,15). The van der Waals surface area contributed by atoms with Gasteiger partial charge in [0.05, 0.1) is 6.10 Å². The molecule has 0 spiro atoms. The first-order valence-corrected chi connectivity index (χ1v) is 5.34. The highest BCUT2D eigenvalue weighted by molar-refractivity contribution is 5.79. The van der Waals surface area contributed by atoms with Crippen LogP contribution in [0.3, 0.4) is 0 Å². The Balaban J connectivity index is 3.16. The molecule has 88 valence electrons.